The van der Waals surface area contributed by atoms with Crippen LogP contribution in [0, 0.1) is 0 Å². The molecule has 0 bridgehead atoms. The van der Waals surface area contributed by atoms with Crippen LogP contribution < -0.4 is 0 Å². The van der Waals surface area contributed by atoms with Gasteiger partial charge in [-0.25, -0.2) is 15.0 Å². The Morgan fingerprint density at radius 1 is 0.355 bits per heavy atom. The number of pyridine rings is 1. The Hall–Kier alpha value is -7.86. The predicted molar refractivity (Wildman–Crippen MR) is 255 cm³/mol. The molecule has 0 saturated carbocycles. The van der Waals surface area contributed by atoms with Crippen molar-refractivity contribution in [2.45, 2.75) is 5.41 Å². The maximum Gasteiger partial charge on any atom is 0.182 e. The van der Waals surface area contributed by atoms with Gasteiger partial charge in [0.1, 0.15) is 5.69 Å². The van der Waals surface area contributed by atoms with E-state index in [9.17, 15) is 0 Å². The molecule has 5 heteroatoms. The van der Waals surface area contributed by atoms with E-state index >= 15 is 0 Å². The molecule has 0 N–H and O–H groups in total. The Bertz CT molecular complexity index is 3410. The minimum absolute atomic E-state index is 0.515. The number of aromatic nitrogens is 4. The Balaban J connectivity index is 1.08. The minimum atomic E-state index is -0.558. The van der Waals surface area contributed by atoms with E-state index in [1.807, 2.05) is 29.7 Å². The first-order valence-corrected chi connectivity index (χ1v) is 21.7. The van der Waals surface area contributed by atoms with Gasteiger partial charge in [-0.2, -0.15) is 0 Å². The third-order valence-electron chi connectivity index (χ3n) is 12.3. The van der Waals surface area contributed by atoms with Crippen LogP contribution in [-0.4, -0.2) is 19.9 Å². The molecule has 3 heterocycles. The Labute approximate surface area is 363 Å². The largest absolute Gasteiger partial charge is 0.252 e. The molecule has 0 fully saturated rings. The third-order valence-corrected chi connectivity index (χ3v) is 13.5. The van der Waals surface area contributed by atoms with Crippen LogP contribution in [0.1, 0.15) is 22.3 Å². The van der Waals surface area contributed by atoms with Crippen LogP contribution in [-0.2, 0) is 5.41 Å². The molecule has 0 unspecified atom stereocenters. The summed E-state index contributed by atoms with van der Waals surface area (Å²) in [6, 6.07) is 75.3. The second-order valence-electron chi connectivity index (χ2n) is 15.7. The van der Waals surface area contributed by atoms with E-state index in [2.05, 4.69) is 200 Å². The summed E-state index contributed by atoms with van der Waals surface area (Å²) in [6.45, 7) is 0. The van der Waals surface area contributed by atoms with Crippen molar-refractivity contribution in [3.05, 3.63) is 241 Å². The van der Waals surface area contributed by atoms with E-state index in [1.165, 1.54) is 42.4 Å². The highest BCUT2D eigenvalue weighted by atomic mass is 32.1. The van der Waals surface area contributed by atoms with Crippen molar-refractivity contribution >= 4 is 31.5 Å². The van der Waals surface area contributed by atoms with Crippen molar-refractivity contribution in [2.24, 2.45) is 0 Å². The summed E-state index contributed by atoms with van der Waals surface area (Å²) < 4.78 is 2.53. The molecule has 0 spiro atoms. The maximum absolute atomic E-state index is 5.40. The van der Waals surface area contributed by atoms with E-state index in [-0.39, 0.29) is 0 Å². The van der Waals surface area contributed by atoms with Crippen LogP contribution in [0.4, 0.5) is 0 Å². The first kappa shape index (κ1) is 36.0. The molecule has 0 saturated heterocycles. The quantitative estimate of drug-likeness (QED) is 0.161. The van der Waals surface area contributed by atoms with Crippen LogP contribution in [0.15, 0.2) is 219 Å². The van der Waals surface area contributed by atoms with Crippen molar-refractivity contribution in [2.75, 3.05) is 0 Å². The van der Waals surface area contributed by atoms with E-state index in [0.717, 1.165) is 44.5 Å². The molecule has 62 heavy (non-hydrogen) atoms. The van der Waals surface area contributed by atoms with E-state index in [0.29, 0.717) is 23.2 Å². The minimum Gasteiger partial charge on any atom is -0.252 e. The summed E-state index contributed by atoms with van der Waals surface area (Å²) in [5.41, 5.74) is 13.5. The second kappa shape index (κ2) is 14.7. The Morgan fingerprint density at radius 2 is 0.903 bits per heavy atom. The molecule has 0 radical (unpaired) electrons. The van der Waals surface area contributed by atoms with Gasteiger partial charge in [-0.05, 0) is 56.6 Å². The Kier molecular flexibility index (Phi) is 8.54. The SMILES string of the molecule is c1ccc(-c2ccccc2-c2nc(-c3ccc(-c4cccc5c4sc4ccccc45)cn3)nc(-c3cccc4c3-c3ccccc3C4(c3ccccc3)c3ccccc3)n2)cc1. The molecule has 290 valence electrons. The zero-order valence-electron chi connectivity index (χ0n) is 33.5. The zero-order chi connectivity index (χ0) is 41.0. The number of benzene rings is 8. The average Bonchev–Trinajstić information content (AvgIpc) is 3.89. The molecule has 0 amide bonds. The van der Waals surface area contributed by atoms with Gasteiger partial charge in [-0.1, -0.05) is 200 Å². The molecule has 0 atom stereocenters. The van der Waals surface area contributed by atoms with Gasteiger partial charge >= 0.3 is 0 Å². The molecule has 8 aromatic carbocycles. The fourth-order valence-corrected chi connectivity index (χ4v) is 10.9. The highest BCUT2D eigenvalue weighted by molar-refractivity contribution is 7.26. The lowest BCUT2D eigenvalue weighted by Crippen LogP contribution is -2.28. The lowest BCUT2D eigenvalue weighted by atomic mass is 9.67. The lowest BCUT2D eigenvalue weighted by Gasteiger charge is -2.33. The lowest BCUT2D eigenvalue weighted by molar-refractivity contribution is 0.768. The number of rotatable bonds is 7. The van der Waals surface area contributed by atoms with Crippen molar-refractivity contribution in [3.8, 4) is 67.7 Å². The number of hydrogen-bond donors (Lipinski definition) is 0. The van der Waals surface area contributed by atoms with Gasteiger partial charge in [0.25, 0.3) is 0 Å². The molecule has 4 nitrogen and oxygen atoms in total. The number of nitrogens with zero attached hydrogens (tertiary/aromatic N) is 4. The molecule has 1 aliphatic carbocycles. The topological polar surface area (TPSA) is 51.6 Å². The molecule has 12 rings (SSSR count). The van der Waals surface area contributed by atoms with Crippen LogP contribution >= 0.6 is 11.3 Å². The smallest absolute Gasteiger partial charge is 0.182 e. The van der Waals surface area contributed by atoms with E-state index < -0.39 is 5.41 Å². The number of hydrogen-bond acceptors (Lipinski definition) is 5. The van der Waals surface area contributed by atoms with Gasteiger partial charge in [0, 0.05) is 48.6 Å². The number of thiophene rings is 1. The van der Waals surface area contributed by atoms with E-state index in [4.69, 9.17) is 19.9 Å². The molecule has 1 aliphatic rings. The van der Waals surface area contributed by atoms with Crippen LogP contribution in [0.2, 0.25) is 0 Å². The van der Waals surface area contributed by atoms with Crippen molar-refractivity contribution in [1.82, 2.24) is 19.9 Å². The molecule has 3 aromatic heterocycles. The normalized spacial score (nSPS) is 12.6. The molecule has 0 aliphatic heterocycles. The zero-order valence-corrected chi connectivity index (χ0v) is 34.3. The highest BCUT2D eigenvalue weighted by Gasteiger charge is 2.47. The maximum atomic E-state index is 5.40. The van der Waals surface area contributed by atoms with Crippen LogP contribution in [0.5, 0.6) is 0 Å². The summed E-state index contributed by atoms with van der Waals surface area (Å²) in [6.07, 6.45) is 1.96. The summed E-state index contributed by atoms with van der Waals surface area (Å²) in [7, 11) is 0. The van der Waals surface area contributed by atoms with Gasteiger partial charge < -0.3 is 0 Å². The second-order valence-corrected chi connectivity index (χ2v) is 16.7. The van der Waals surface area contributed by atoms with Crippen molar-refractivity contribution < 1.29 is 0 Å². The molecular weight excluding hydrogens is 773 g/mol. The third kappa shape index (κ3) is 5.67. The number of fused-ring (bicyclic) bond motifs is 6. The average molecular weight is 809 g/mol. The van der Waals surface area contributed by atoms with Crippen molar-refractivity contribution in [1.29, 1.82) is 0 Å². The van der Waals surface area contributed by atoms with Gasteiger partial charge in [-0.3, -0.25) is 4.98 Å². The van der Waals surface area contributed by atoms with Gasteiger partial charge in [0.2, 0.25) is 0 Å². The standard InChI is InChI=1S/C57H36N4S/c1-4-18-37(19-5-1)41-24-10-11-26-45(41)54-59-55(61-56(60-54)50-35-34-38(36-58-50)42-28-16-29-44-43-25-13-15-33-51(43)62-53(42)44)47-30-17-32-49-52(47)46-27-12-14-31-48(46)57(49,39-20-6-2-7-21-39)40-22-8-3-9-23-40/h1-36H. The Morgan fingerprint density at radius 3 is 1.65 bits per heavy atom. The van der Waals surface area contributed by atoms with Gasteiger partial charge in [0.05, 0.1) is 5.41 Å². The van der Waals surface area contributed by atoms with Gasteiger partial charge in [-0.15, -0.1) is 11.3 Å². The summed E-state index contributed by atoms with van der Waals surface area (Å²) in [4.78, 5) is 21.1. The van der Waals surface area contributed by atoms with Gasteiger partial charge in [0.15, 0.2) is 17.5 Å². The summed E-state index contributed by atoms with van der Waals surface area (Å²) in [5.74, 6) is 1.70. The van der Waals surface area contributed by atoms with Crippen LogP contribution in [0.25, 0.3) is 87.8 Å². The predicted octanol–water partition coefficient (Wildman–Crippen LogP) is 14.3. The fraction of sp³-hybridized carbons (Fsp3) is 0.0175. The molecule has 11 aromatic rings. The van der Waals surface area contributed by atoms with E-state index in [1.54, 1.807) is 0 Å². The van der Waals surface area contributed by atoms with Crippen LogP contribution in [0.3, 0.4) is 0 Å². The fourth-order valence-electron chi connectivity index (χ4n) is 9.62. The molecular formula is C57H36N4S. The summed E-state index contributed by atoms with van der Waals surface area (Å²) in [5, 5.41) is 2.54. The monoisotopic (exact) mass is 808 g/mol. The highest BCUT2D eigenvalue weighted by Crippen LogP contribution is 2.58. The summed E-state index contributed by atoms with van der Waals surface area (Å²) >= 11 is 1.82. The van der Waals surface area contributed by atoms with Crippen molar-refractivity contribution in [3.63, 3.8) is 0 Å². The first-order valence-electron chi connectivity index (χ1n) is 20.9. The first-order chi connectivity index (χ1) is 30.8.